The van der Waals surface area contributed by atoms with Crippen LogP contribution in [0.5, 0.6) is 5.75 Å². The molecule has 0 radical (unpaired) electrons. The number of fused-ring (bicyclic) bond motifs is 5. The molecular weight excluding hydrogens is 412 g/mol. The van der Waals surface area contributed by atoms with Gasteiger partial charge >= 0.3 is 0 Å². The molecule has 4 aromatic rings. The average molecular weight is 437 g/mol. The fourth-order valence-electron chi connectivity index (χ4n) is 4.02. The van der Waals surface area contributed by atoms with E-state index in [1.54, 1.807) is 35.5 Å². The Morgan fingerprint density at radius 2 is 2.19 bits per heavy atom. The summed E-state index contributed by atoms with van der Waals surface area (Å²) >= 11 is 1.78. The van der Waals surface area contributed by atoms with Gasteiger partial charge in [0, 0.05) is 23.5 Å². The number of para-hydroxylation sites is 1. The van der Waals surface area contributed by atoms with Gasteiger partial charge in [-0.1, -0.05) is 24.2 Å². The Morgan fingerprint density at radius 3 is 3.06 bits per heavy atom. The van der Waals surface area contributed by atoms with E-state index in [1.165, 1.54) is 16.9 Å². The number of hydrogen-bond acceptors (Lipinski definition) is 8. The predicted molar refractivity (Wildman–Crippen MR) is 121 cm³/mol. The van der Waals surface area contributed by atoms with Gasteiger partial charge in [-0.25, -0.2) is 14.5 Å². The average Bonchev–Trinajstić information content (AvgIpc) is 3.37. The molecule has 0 aliphatic carbocycles. The standard InChI is InChI=1S/C22H24N6O2S/c1-3-9-27-10-8-16-18(12-27)31-22-20(16)21-25-19(26-28(21)14-23-22)13-30-24-11-15-6-4-5-7-17(15)29-2/h4-7,11,14H,3,8-10,12-13H2,1-2H3. The van der Waals surface area contributed by atoms with Crippen LogP contribution < -0.4 is 4.74 Å². The van der Waals surface area contributed by atoms with E-state index in [4.69, 9.17) is 14.6 Å². The molecule has 5 rings (SSSR count). The number of methoxy groups -OCH3 is 1. The van der Waals surface area contributed by atoms with Gasteiger partial charge in [0.1, 0.15) is 16.9 Å². The molecule has 31 heavy (non-hydrogen) atoms. The van der Waals surface area contributed by atoms with Crippen molar-refractivity contribution in [3.8, 4) is 5.75 Å². The summed E-state index contributed by atoms with van der Waals surface area (Å²) in [5.74, 6) is 1.32. The van der Waals surface area contributed by atoms with Crippen molar-refractivity contribution in [1.29, 1.82) is 0 Å². The lowest BCUT2D eigenvalue weighted by Crippen LogP contribution is -2.30. The number of rotatable bonds is 7. The molecule has 0 atom stereocenters. The second-order valence-corrected chi connectivity index (χ2v) is 8.58. The van der Waals surface area contributed by atoms with Crippen LogP contribution >= 0.6 is 11.3 Å². The summed E-state index contributed by atoms with van der Waals surface area (Å²) in [6.07, 6.45) is 5.57. The van der Waals surface area contributed by atoms with Gasteiger partial charge in [-0.05, 0) is 37.1 Å². The molecule has 0 saturated carbocycles. The number of hydrogen-bond donors (Lipinski definition) is 0. The molecule has 0 saturated heterocycles. The number of thiophene rings is 1. The first-order valence-electron chi connectivity index (χ1n) is 10.4. The third-order valence-electron chi connectivity index (χ3n) is 5.44. The maximum absolute atomic E-state index is 5.45. The van der Waals surface area contributed by atoms with Gasteiger partial charge in [0.05, 0.1) is 18.7 Å². The van der Waals surface area contributed by atoms with Crippen LogP contribution in [0.4, 0.5) is 0 Å². The summed E-state index contributed by atoms with van der Waals surface area (Å²) in [6, 6.07) is 7.64. The molecule has 0 spiro atoms. The zero-order valence-electron chi connectivity index (χ0n) is 17.6. The SMILES string of the molecule is CCCN1CCc2c(sc3ncn4nc(CON=Cc5ccccc5OC)nc4c23)C1. The topological polar surface area (TPSA) is 77.1 Å². The van der Waals surface area contributed by atoms with Crippen molar-refractivity contribution >= 4 is 33.4 Å². The van der Waals surface area contributed by atoms with Crippen molar-refractivity contribution in [2.75, 3.05) is 20.2 Å². The summed E-state index contributed by atoms with van der Waals surface area (Å²) < 4.78 is 7.06. The van der Waals surface area contributed by atoms with Gasteiger partial charge in [0.25, 0.3) is 0 Å². The summed E-state index contributed by atoms with van der Waals surface area (Å²) in [5, 5.41) is 9.71. The Bertz CT molecular complexity index is 1250. The molecule has 1 aliphatic rings. The van der Waals surface area contributed by atoms with Crippen LogP contribution in [0.1, 0.15) is 35.2 Å². The van der Waals surface area contributed by atoms with E-state index in [2.05, 4.69) is 27.1 Å². The number of nitrogens with zero attached hydrogens (tertiary/aromatic N) is 6. The molecule has 9 heteroatoms. The minimum Gasteiger partial charge on any atom is -0.496 e. The van der Waals surface area contributed by atoms with Gasteiger partial charge < -0.3 is 9.57 Å². The molecule has 3 aromatic heterocycles. The largest absolute Gasteiger partial charge is 0.496 e. The molecule has 1 aromatic carbocycles. The van der Waals surface area contributed by atoms with Gasteiger partial charge in [0.2, 0.25) is 0 Å². The van der Waals surface area contributed by atoms with E-state index in [9.17, 15) is 0 Å². The molecule has 0 unspecified atom stereocenters. The Kier molecular flexibility index (Phi) is 5.52. The molecular formula is C22H24N6O2S. The lowest BCUT2D eigenvalue weighted by Gasteiger charge is -2.26. The maximum atomic E-state index is 5.45. The Morgan fingerprint density at radius 1 is 1.29 bits per heavy atom. The Hall–Kier alpha value is -3.04. The number of oxime groups is 1. The lowest BCUT2D eigenvalue weighted by molar-refractivity contribution is 0.126. The van der Waals surface area contributed by atoms with Gasteiger partial charge in [-0.3, -0.25) is 4.90 Å². The molecule has 0 amide bonds. The van der Waals surface area contributed by atoms with Crippen molar-refractivity contribution in [3.05, 3.63) is 52.4 Å². The first-order chi connectivity index (χ1) is 15.3. The highest BCUT2D eigenvalue weighted by molar-refractivity contribution is 7.19. The van der Waals surface area contributed by atoms with Crippen molar-refractivity contribution in [2.24, 2.45) is 5.16 Å². The molecule has 0 N–H and O–H groups in total. The normalized spacial score (nSPS) is 14.5. The quantitative estimate of drug-likeness (QED) is 0.325. The van der Waals surface area contributed by atoms with E-state index < -0.39 is 0 Å². The van der Waals surface area contributed by atoms with Crippen LogP contribution in [0.3, 0.4) is 0 Å². The summed E-state index contributed by atoms with van der Waals surface area (Å²) in [5.41, 5.74) is 3.07. The van der Waals surface area contributed by atoms with Gasteiger partial charge in [0.15, 0.2) is 18.1 Å². The van der Waals surface area contributed by atoms with E-state index in [0.29, 0.717) is 5.82 Å². The van der Waals surface area contributed by atoms with Gasteiger partial charge in [-0.15, -0.1) is 16.4 Å². The van der Waals surface area contributed by atoms with Crippen molar-refractivity contribution in [2.45, 2.75) is 32.9 Å². The molecule has 1 aliphatic heterocycles. The maximum Gasteiger partial charge on any atom is 0.192 e. The molecule has 8 nitrogen and oxygen atoms in total. The van der Waals surface area contributed by atoms with E-state index >= 15 is 0 Å². The zero-order valence-corrected chi connectivity index (χ0v) is 18.4. The Labute approximate surface area is 184 Å². The summed E-state index contributed by atoms with van der Waals surface area (Å²) in [4.78, 5) is 19.8. The number of aromatic nitrogens is 4. The highest BCUT2D eigenvalue weighted by Gasteiger charge is 2.23. The molecule has 4 heterocycles. The van der Waals surface area contributed by atoms with Crippen LogP contribution in [0.25, 0.3) is 15.9 Å². The zero-order chi connectivity index (χ0) is 21.2. The molecule has 0 fully saturated rings. The van der Waals surface area contributed by atoms with Crippen LogP contribution in [-0.2, 0) is 24.4 Å². The van der Waals surface area contributed by atoms with Crippen molar-refractivity contribution < 1.29 is 9.57 Å². The highest BCUT2D eigenvalue weighted by Crippen LogP contribution is 2.35. The summed E-state index contributed by atoms with van der Waals surface area (Å²) in [6.45, 7) is 5.63. The molecule has 160 valence electrons. The van der Waals surface area contributed by atoms with Crippen LogP contribution in [0, 0.1) is 0 Å². The monoisotopic (exact) mass is 436 g/mol. The third kappa shape index (κ3) is 3.86. The van der Waals surface area contributed by atoms with E-state index in [-0.39, 0.29) is 6.61 Å². The van der Waals surface area contributed by atoms with Crippen LogP contribution in [0.15, 0.2) is 35.7 Å². The minimum atomic E-state index is 0.186. The highest BCUT2D eigenvalue weighted by atomic mass is 32.1. The second-order valence-electron chi connectivity index (χ2n) is 7.50. The molecule has 0 bridgehead atoms. The fourth-order valence-corrected chi connectivity index (χ4v) is 5.24. The van der Waals surface area contributed by atoms with Crippen molar-refractivity contribution in [1.82, 2.24) is 24.5 Å². The minimum absolute atomic E-state index is 0.186. The third-order valence-corrected chi connectivity index (χ3v) is 6.56. The summed E-state index contributed by atoms with van der Waals surface area (Å²) in [7, 11) is 1.63. The number of ether oxygens (including phenoxy) is 1. The van der Waals surface area contributed by atoms with E-state index in [0.717, 1.165) is 53.2 Å². The number of benzene rings is 1. The van der Waals surface area contributed by atoms with Crippen LogP contribution in [-0.4, -0.2) is 50.9 Å². The predicted octanol–water partition coefficient (Wildman–Crippen LogP) is 3.67. The van der Waals surface area contributed by atoms with Gasteiger partial charge in [-0.2, -0.15) is 0 Å². The lowest BCUT2D eigenvalue weighted by atomic mass is 10.1. The van der Waals surface area contributed by atoms with E-state index in [1.807, 2.05) is 24.3 Å². The van der Waals surface area contributed by atoms with Crippen LogP contribution in [0.2, 0.25) is 0 Å². The first-order valence-corrected chi connectivity index (χ1v) is 11.2. The first kappa shape index (κ1) is 19.9. The smallest absolute Gasteiger partial charge is 0.192 e. The Balaban J connectivity index is 1.36. The fraction of sp³-hybridized carbons (Fsp3) is 0.364. The van der Waals surface area contributed by atoms with Crippen molar-refractivity contribution in [3.63, 3.8) is 0 Å². The second kappa shape index (κ2) is 8.60.